The Morgan fingerprint density at radius 3 is 2.83 bits per heavy atom. The van der Waals surface area contributed by atoms with Gasteiger partial charge in [-0.05, 0) is 25.0 Å². The van der Waals surface area contributed by atoms with Crippen molar-refractivity contribution in [1.29, 1.82) is 0 Å². The van der Waals surface area contributed by atoms with Crippen LogP contribution < -0.4 is 15.4 Å². The van der Waals surface area contributed by atoms with Crippen LogP contribution in [0, 0.1) is 11.6 Å². The van der Waals surface area contributed by atoms with E-state index in [1.54, 1.807) is 7.05 Å². The van der Waals surface area contributed by atoms with Crippen molar-refractivity contribution in [2.45, 2.75) is 18.9 Å². The van der Waals surface area contributed by atoms with Crippen LogP contribution in [0.5, 0.6) is 5.75 Å². The zero-order valence-corrected chi connectivity index (χ0v) is 15.3. The Labute approximate surface area is 151 Å². The highest BCUT2D eigenvalue weighted by Crippen LogP contribution is 2.15. The summed E-state index contributed by atoms with van der Waals surface area (Å²) in [5.74, 6) is -0.851. The Morgan fingerprint density at radius 1 is 1.35 bits per heavy atom. The highest BCUT2D eigenvalue weighted by molar-refractivity contribution is 14.0. The van der Waals surface area contributed by atoms with Crippen molar-refractivity contribution in [3.05, 3.63) is 29.8 Å². The van der Waals surface area contributed by atoms with Crippen LogP contribution >= 0.6 is 24.0 Å². The summed E-state index contributed by atoms with van der Waals surface area (Å²) in [5, 5.41) is 6.26. The van der Waals surface area contributed by atoms with Gasteiger partial charge in [0.15, 0.2) is 17.6 Å². The molecule has 0 spiro atoms. The molecule has 2 rings (SSSR count). The molecule has 0 aromatic heterocycles. The zero-order chi connectivity index (χ0) is 15.8. The van der Waals surface area contributed by atoms with E-state index in [0.717, 1.165) is 31.6 Å². The van der Waals surface area contributed by atoms with Gasteiger partial charge in [-0.15, -0.1) is 24.0 Å². The highest BCUT2D eigenvalue weighted by Gasteiger charge is 2.15. The van der Waals surface area contributed by atoms with Crippen LogP contribution in [0.3, 0.4) is 0 Å². The van der Waals surface area contributed by atoms with E-state index in [1.165, 1.54) is 6.07 Å². The Kier molecular flexibility index (Phi) is 9.15. The maximum Gasteiger partial charge on any atom is 0.191 e. The molecular weight excluding hydrogens is 419 g/mol. The summed E-state index contributed by atoms with van der Waals surface area (Å²) in [6.07, 6.45) is 2.39. The van der Waals surface area contributed by atoms with Gasteiger partial charge >= 0.3 is 0 Å². The monoisotopic (exact) mass is 441 g/mol. The number of benzene rings is 1. The predicted octanol–water partition coefficient (Wildman–Crippen LogP) is 2.31. The lowest BCUT2D eigenvalue weighted by molar-refractivity contribution is 0.114. The summed E-state index contributed by atoms with van der Waals surface area (Å²) in [5.41, 5.74) is 0. The summed E-state index contributed by atoms with van der Waals surface area (Å²) >= 11 is 0. The molecule has 1 fully saturated rings. The van der Waals surface area contributed by atoms with Crippen molar-refractivity contribution in [1.82, 2.24) is 10.6 Å². The van der Waals surface area contributed by atoms with E-state index in [0.29, 0.717) is 31.4 Å². The number of guanidine groups is 1. The lowest BCUT2D eigenvalue weighted by atomic mass is 10.2. The van der Waals surface area contributed by atoms with Gasteiger partial charge < -0.3 is 20.1 Å². The van der Waals surface area contributed by atoms with Crippen LogP contribution in [0.1, 0.15) is 12.8 Å². The van der Waals surface area contributed by atoms with Gasteiger partial charge in [0.1, 0.15) is 12.4 Å². The smallest absolute Gasteiger partial charge is 0.191 e. The number of hydrogen-bond donors (Lipinski definition) is 2. The summed E-state index contributed by atoms with van der Waals surface area (Å²) in [7, 11) is 1.68. The lowest BCUT2D eigenvalue weighted by Gasteiger charge is -2.15. The fourth-order valence-corrected chi connectivity index (χ4v) is 2.14. The zero-order valence-electron chi connectivity index (χ0n) is 13.0. The molecule has 1 aromatic carbocycles. The average Bonchev–Trinajstić information content (AvgIpc) is 3.03. The molecule has 0 saturated carbocycles. The van der Waals surface area contributed by atoms with Crippen LogP contribution in [0.4, 0.5) is 8.78 Å². The van der Waals surface area contributed by atoms with Gasteiger partial charge in [0, 0.05) is 26.3 Å². The normalized spacial score (nSPS) is 17.5. The second kappa shape index (κ2) is 10.6. The highest BCUT2D eigenvalue weighted by atomic mass is 127. The standard InChI is InChI=1S/C15H21F2N3O2.HI/c1-18-15(20-10-12-3-2-7-21-12)19-6-8-22-11-4-5-13(16)14(17)9-11;/h4-5,9,12H,2-3,6-8,10H2,1H3,(H2,18,19,20);1H. The van der Waals surface area contributed by atoms with Crippen LogP contribution in [0.2, 0.25) is 0 Å². The minimum absolute atomic E-state index is 0. The summed E-state index contributed by atoms with van der Waals surface area (Å²) in [6, 6.07) is 3.46. The molecule has 8 heteroatoms. The summed E-state index contributed by atoms with van der Waals surface area (Å²) in [6.45, 7) is 2.33. The van der Waals surface area contributed by atoms with E-state index in [4.69, 9.17) is 9.47 Å². The minimum atomic E-state index is -0.917. The third kappa shape index (κ3) is 6.86. The van der Waals surface area contributed by atoms with Crippen LogP contribution in [-0.4, -0.2) is 45.4 Å². The van der Waals surface area contributed by atoms with Gasteiger partial charge in [0.25, 0.3) is 0 Å². The lowest BCUT2D eigenvalue weighted by Crippen LogP contribution is -2.42. The molecule has 2 N–H and O–H groups in total. The molecule has 1 aliphatic heterocycles. The molecule has 5 nitrogen and oxygen atoms in total. The van der Waals surface area contributed by atoms with E-state index in [2.05, 4.69) is 15.6 Å². The Hall–Kier alpha value is -1.16. The fourth-order valence-electron chi connectivity index (χ4n) is 2.14. The number of ether oxygens (including phenoxy) is 2. The molecule has 0 aliphatic carbocycles. The third-order valence-electron chi connectivity index (χ3n) is 3.30. The molecule has 23 heavy (non-hydrogen) atoms. The number of halogens is 3. The molecule has 1 saturated heterocycles. The Morgan fingerprint density at radius 2 is 2.17 bits per heavy atom. The first-order valence-electron chi connectivity index (χ1n) is 7.33. The number of hydrogen-bond acceptors (Lipinski definition) is 3. The van der Waals surface area contributed by atoms with E-state index < -0.39 is 11.6 Å². The SMILES string of the molecule is CN=C(NCCOc1ccc(F)c(F)c1)NCC1CCCO1.I. The van der Waals surface area contributed by atoms with Gasteiger partial charge in [-0.25, -0.2) is 8.78 Å². The molecule has 0 radical (unpaired) electrons. The second-order valence-corrected chi connectivity index (χ2v) is 4.94. The van der Waals surface area contributed by atoms with E-state index in [9.17, 15) is 8.78 Å². The molecule has 1 atom stereocenters. The van der Waals surface area contributed by atoms with Gasteiger partial charge in [0.05, 0.1) is 12.6 Å². The van der Waals surface area contributed by atoms with Crippen LogP contribution in [0.15, 0.2) is 23.2 Å². The first-order chi connectivity index (χ1) is 10.7. The largest absolute Gasteiger partial charge is 0.492 e. The van der Waals surface area contributed by atoms with Gasteiger partial charge in [-0.3, -0.25) is 4.99 Å². The minimum Gasteiger partial charge on any atom is -0.492 e. The molecule has 1 aromatic rings. The van der Waals surface area contributed by atoms with Crippen molar-refractivity contribution >= 4 is 29.9 Å². The summed E-state index contributed by atoms with van der Waals surface area (Å²) < 4.78 is 36.6. The van der Waals surface area contributed by atoms with Crippen LogP contribution in [-0.2, 0) is 4.74 Å². The fraction of sp³-hybridized carbons (Fsp3) is 0.533. The predicted molar refractivity (Wildman–Crippen MR) is 95.6 cm³/mol. The van der Waals surface area contributed by atoms with E-state index in [1.807, 2.05) is 0 Å². The summed E-state index contributed by atoms with van der Waals surface area (Å²) in [4.78, 5) is 4.09. The molecule has 1 aliphatic rings. The van der Waals surface area contributed by atoms with Crippen LogP contribution in [0.25, 0.3) is 0 Å². The number of rotatable bonds is 6. The molecule has 130 valence electrons. The number of nitrogens with zero attached hydrogens (tertiary/aromatic N) is 1. The van der Waals surface area contributed by atoms with Gasteiger partial charge in [-0.2, -0.15) is 0 Å². The quantitative estimate of drug-likeness (QED) is 0.308. The van der Waals surface area contributed by atoms with Crippen molar-refractivity contribution in [3.8, 4) is 5.75 Å². The Balaban J connectivity index is 0.00000264. The van der Waals surface area contributed by atoms with Crippen molar-refractivity contribution in [2.75, 3.05) is 33.4 Å². The van der Waals surface area contributed by atoms with Gasteiger partial charge in [0.2, 0.25) is 0 Å². The molecule has 1 heterocycles. The molecule has 1 unspecified atom stereocenters. The number of nitrogens with one attached hydrogen (secondary N) is 2. The van der Waals surface area contributed by atoms with Crippen molar-refractivity contribution < 1.29 is 18.3 Å². The first kappa shape index (κ1) is 19.9. The molecular formula is C15H22F2IN3O2. The molecule has 0 bridgehead atoms. The Bertz CT molecular complexity index is 511. The van der Waals surface area contributed by atoms with Crippen molar-refractivity contribution in [2.24, 2.45) is 4.99 Å². The van der Waals surface area contributed by atoms with Gasteiger partial charge in [-0.1, -0.05) is 0 Å². The molecule has 0 amide bonds. The topological polar surface area (TPSA) is 54.9 Å². The third-order valence-corrected chi connectivity index (χ3v) is 3.30. The van der Waals surface area contributed by atoms with E-state index in [-0.39, 0.29) is 30.1 Å². The van der Waals surface area contributed by atoms with Crippen molar-refractivity contribution in [3.63, 3.8) is 0 Å². The number of aliphatic imine (C=N–C) groups is 1. The maximum absolute atomic E-state index is 13.0. The second-order valence-electron chi connectivity index (χ2n) is 4.94. The maximum atomic E-state index is 13.0. The average molecular weight is 441 g/mol. The van der Waals surface area contributed by atoms with E-state index >= 15 is 0 Å². The first-order valence-corrected chi connectivity index (χ1v) is 7.33.